The van der Waals surface area contributed by atoms with Gasteiger partial charge in [-0.1, -0.05) is 42.0 Å². The summed E-state index contributed by atoms with van der Waals surface area (Å²) in [5, 5.41) is 2.80. The van der Waals surface area contributed by atoms with Crippen LogP contribution in [0.4, 0.5) is 0 Å². The quantitative estimate of drug-likeness (QED) is 0.779. The van der Waals surface area contributed by atoms with Crippen molar-refractivity contribution in [3.63, 3.8) is 0 Å². The third-order valence-electron chi connectivity index (χ3n) is 4.47. The van der Waals surface area contributed by atoms with Crippen molar-refractivity contribution < 1.29 is 14.3 Å². The van der Waals surface area contributed by atoms with Gasteiger partial charge in [0.05, 0.1) is 13.5 Å². The highest BCUT2D eigenvalue weighted by atomic mass is 16.5. The predicted molar refractivity (Wildman–Crippen MR) is 107 cm³/mol. The van der Waals surface area contributed by atoms with Gasteiger partial charge in [0.25, 0.3) is 0 Å². The first-order valence-electron chi connectivity index (χ1n) is 9.20. The van der Waals surface area contributed by atoms with E-state index < -0.39 is 6.04 Å². The minimum atomic E-state index is -0.552. The zero-order chi connectivity index (χ0) is 19.8. The Bertz CT molecular complexity index is 771. The first-order chi connectivity index (χ1) is 12.9. The highest BCUT2D eigenvalue weighted by Crippen LogP contribution is 2.16. The van der Waals surface area contributed by atoms with Crippen molar-refractivity contribution in [2.45, 2.75) is 39.8 Å². The molecule has 27 heavy (non-hydrogen) atoms. The number of ether oxygens (including phenoxy) is 1. The van der Waals surface area contributed by atoms with Crippen molar-refractivity contribution in [3.05, 3.63) is 65.2 Å². The Morgan fingerprint density at radius 1 is 1.11 bits per heavy atom. The van der Waals surface area contributed by atoms with Gasteiger partial charge in [-0.15, -0.1) is 0 Å². The number of methoxy groups -OCH3 is 1. The number of carbonyl (C=O) groups excluding carboxylic acids is 2. The molecule has 0 aliphatic heterocycles. The van der Waals surface area contributed by atoms with Crippen LogP contribution in [0.3, 0.4) is 0 Å². The van der Waals surface area contributed by atoms with E-state index in [9.17, 15) is 9.59 Å². The number of hydrogen-bond acceptors (Lipinski definition) is 3. The summed E-state index contributed by atoms with van der Waals surface area (Å²) < 4.78 is 5.18. The molecule has 5 heteroatoms. The fourth-order valence-corrected chi connectivity index (χ4v) is 2.93. The van der Waals surface area contributed by atoms with Crippen molar-refractivity contribution in [3.8, 4) is 5.75 Å². The molecule has 2 rings (SSSR count). The Labute approximate surface area is 161 Å². The van der Waals surface area contributed by atoms with E-state index in [1.807, 2.05) is 62.4 Å². The summed E-state index contributed by atoms with van der Waals surface area (Å²) in [5.74, 6) is 0.534. The molecule has 1 N–H and O–H groups in total. The standard InChI is InChI=1S/C22H28N2O3/c1-5-23-22(26)17(3)24(15-18-9-11-20(27-4)12-10-18)21(25)14-19-8-6-7-16(2)13-19/h6-13,17H,5,14-15H2,1-4H3,(H,23,26)/t17-/m0/s1. The molecule has 2 amide bonds. The first-order valence-corrected chi connectivity index (χ1v) is 9.20. The minimum absolute atomic E-state index is 0.0739. The van der Waals surface area contributed by atoms with Gasteiger partial charge in [0.2, 0.25) is 11.8 Å². The Kier molecular flexibility index (Phi) is 7.41. The number of nitrogens with zero attached hydrogens (tertiary/aromatic N) is 1. The highest BCUT2D eigenvalue weighted by Gasteiger charge is 2.25. The zero-order valence-corrected chi connectivity index (χ0v) is 16.5. The average Bonchev–Trinajstić information content (AvgIpc) is 2.66. The second-order valence-corrected chi connectivity index (χ2v) is 6.61. The molecule has 2 aromatic carbocycles. The lowest BCUT2D eigenvalue weighted by molar-refractivity contribution is -0.140. The number of carbonyl (C=O) groups is 2. The van der Waals surface area contributed by atoms with Crippen LogP contribution >= 0.6 is 0 Å². The Hall–Kier alpha value is -2.82. The molecule has 0 aliphatic rings. The zero-order valence-electron chi connectivity index (χ0n) is 16.5. The van der Waals surface area contributed by atoms with Gasteiger partial charge in [0.15, 0.2) is 0 Å². The van der Waals surface area contributed by atoms with Crippen molar-refractivity contribution in [1.82, 2.24) is 10.2 Å². The van der Waals surface area contributed by atoms with E-state index in [2.05, 4.69) is 5.32 Å². The summed E-state index contributed by atoms with van der Waals surface area (Å²) in [6.07, 6.45) is 0.265. The first kappa shape index (κ1) is 20.5. The van der Waals surface area contributed by atoms with Gasteiger partial charge in [-0.25, -0.2) is 0 Å². The van der Waals surface area contributed by atoms with Crippen LogP contribution in [0.5, 0.6) is 5.75 Å². The molecule has 0 radical (unpaired) electrons. The fourth-order valence-electron chi connectivity index (χ4n) is 2.93. The van der Waals surface area contributed by atoms with E-state index in [1.54, 1.807) is 18.9 Å². The molecule has 0 bridgehead atoms. The summed E-state index contributed by atoms with van der Waals surface area (Å²) >= 11 is 0. The maximum atomic E-state index is 13.0. The second-order valence-electron chi connectivity index (χ2n) is 6.61. The van der Waals surface area contributed by atoms with Gasteiger partial charge in [-0.2, -0.15) is 0 Å². The molecule has 0 fully saturated rings. The fraction of sp³-hybridized carbons (Fsp3) is 0.364. The molecule has 0 saturated heterocycles. The largest absolute Gasteiger partial charge is 0.497 e. The Balaban J connectivity index is 2.21. The molecule has 5 nitrogen and oxygen atoms in total. The lowest BCUT2D eigenvalue weighted by Crippen LogP contribution is -2.48. The van der Waals surface area contributed by atoms with Crippen LogP contribution in [-0.2, 0) is 22.6 Å². The highest BCUT2D eigenvalue weighted by molar-refractivity contribution is 5.88. The Morgan fingerprint density at radius 2 is 1.81 bits per heavy atom. The third-order valence-corrected chi connectivity index (χ3v) is 4.47. The molecule has 0 heterocycles. The smallest absolute Gasteiger partial charge is 0.242 e. The number of hydrogen-bond donors (Lipinski definition) is 1. The molecular formula is C22H28N2O3. The van der Waals surface area contributed by atoms with Gasteiger partial charge in [0.1, 0.15) is 11.8 Å². The summed E-state index contributed by atoms with van der Waals surface area (Å²) in [5.41, 5.74) is 3.01. The maximum absolute atomic E-state index is 13.0. The molecule has 0 saturated carbocycles. The van der Waals surface area contributed by atoms with Crippen LogP contribution in [0.1, 0.15) is 30.5 Å². The summed E-state index contributed by atoms with van der Waals surface area (Å²) in [4.78, 5) is 27.0. The van der Waals surface area contributed by atoms with E-state index in [4.69, 9.17) is 4.74 Å². The van der Waals surface area contributed by atoms with Crippen molar-refractivity contribution in [2.24, 2.45) is 0 Å². The van der Waals surface area contributed by atoms with Crippen molar-refractivity contribution in [2.75, 3.05) is 13.7 Å². The SMILES string of the molecule is CCNC(=O)[C@H](C)N(Cc1ccc(OC)cc1)C(=O)Cc1cccc(C)c1. The molecule has 0 aromatic heterocycles. The average molecular weight is 368 g/mol. The molecule has 0 aliphatic carbocycles. The number of benzene rings is 2. The lowest BCUT2D eigenvalue weighted by atomic mass is 10.1. The minimum Gasteiger partial charge on any atom is -0.497 e. The van der Waals surface area contributed by atoms with Gasteiger partial charge < -0.3 is 15.0 Å². The topological polar surface area (TPSA) is 58.6 Å². The molecule has 144 valence electrons. The lowest BCUT2D eigenvalue weighted by Gasteiger charge is -2.29. The second kappa shape index (κ2) is 9.76. The molecule has 0 unspecified atom stereocenters. The summed E-state index contributed by atoms with van der Waals surface area (Å²) in [6, 6.07) is 14.9. The van der Waals surface area contributed by atoms with Crippen LogP contribution < -0.4 is 10.1 Å². The van der Waals surface area contributed by atoms with Crippen molar-refractivity contribution >= 4 is 11.8 Å². The molecule has 1 atom stereocenters. The van der Waals surface area contributed by atoms with Crippen LogP contribution in [0.2, 0.25) is 0 Å². The Morgan fingerprint density at radius 3 is 2.41 bits per heavy atom. The number of nitrogens with one attached hydrogen (secondary N) is 1. The third kappa shape index (κ3) is 5.84. The van der Waals surface area contributed by atoms with Crippen molar-refractivity contribution in [1.29, 1.82) is 0 Å². The van der Waals surface area contributed by atoms with Gasteiger partial charge >= 0.3 is 0 Å². The normalized spacial score (nSPS) is 11.6. The summed E-state index contributed by atoms with van der Waals surface area (Å²) in [7, 11) is 1.61. The van der Waals surface area contributed by atoms with Gasteiger partial charge in [-0.05, 0) is 44.0 Å². The predicted octanol–water partition coefficient (Wildman–Crippen LogP) is 3.10. The van der Waals surface area contributed by atoms with E-state index in [0.717, 1.165) is 22.4 Å². The van der Waals surface area contributed by atoms with E-state index in [-0.39, 0.29) is 18.2 Å². The van der Waals surface area contributed by atoms with Gasteiger partial charge in [-0.3, -0.25) is 9.59 Å². The van der Waals surface area contributed by atoms with E-state index in [1.165, 1.54) is 0 Å². The number of likely N-dealkylation sites (N-methyl/N-ethyl adjacent to an activating group) is 1. The monoisotopic (exact) mass is 368 g/mol. The molecule has 0 spiro atoms. The van der Waals surface area contributed by atoms with E-state index >= 15 is 0 Å². The molecular weight excluding hydrogens is 340 g/mol. The summed E-state index contributed by atoms with van der Waals surface area (Å²) in [6.45, 7) is 6.54. The van der Waals surface area contributed by atoms with E-state index in [0.29, 0.717) is 13.1 Å². The van der Waals surface area contributed by atoms with Crippen LogP contribution in [0.15, 0.2) is 48.5 Å². The number of rotatable bonds is 8. The number of amides is 2. The van der Waals surface area contributed by atoms with Crippen LogP contribution in [0, 0.1) is 6.92 Å². The maximum Gasteiger partial charge on any atom is 0.242 e. The van der Waals surface area contributed by atoms with Crippen LogP contribution in [0.25, 0.3) is 0 Å². The number of aryl methyl sites for hydroxylation is 1. The van der Waals surface area contributed by atoms with Gasteiger partial charge in [0, 0.05) is 13.1 Å². The van der Waals surface area contributed by atoms with Crippen LogP contribution in [-0.4, -0.2) is 36.4 Å². The molecule has 2 aromatic rings.